The van der Waals surface area contributed by atoms with E-state index in [0.717, 1.165) is 5.92 Å². The Hall–Kier alpha value is -0.780. The molecule has 0 aliphatic rings. The van der Waals surface area contributed by atoms with Crippen LogP contribution >= 0.6 is 0 Å². The van der Waals surface area contributed by atoms with Crippen LogP contribution in [0.3, 0.4) is 0 Å². The van der Waals surface area contributed by atoms with E-state index in [-0.39, 0.29) is 0 Å². The van der Waals surface area contributed by atoms with Crippen LogP contribution in [0, 0.1) is 12.8 Å². The van der Waals surface area contributed by atoms with E-state index in [2.05, 4.69) is 52.8 Å². The highest BCUT2D eigenvalue weighted by Gasteiger charge is 2.04. The first kappa shape index (κ1) is 12.3. The minimum atomic E-state index is 0.642. The summed E-state index contributed by atoms with van der Waals surface area (Å²) in [7, 11) is 0. The Morgan fingerprint density at radius 3 is 2.20 bits per heavy atom. The van der Waals surface area contributed by atoms with Crippen molar-refractivity contribution < 1.29 is 0 Å². The number of benzene rings is 1. The van der Waals surface area contributed by atoms with Crippen molar-refractivity contribution in [2.45, 2.75) is 53.4 Å². The fourth-order valence-electron chi connectivity index (χ4n) is 1.80. The van der Waals surface area contributed by atoms with Crippen molar-refractivity contribution in [3.8, 4) is 0 Å². The summed E-state index contributed by atoms with van der Waals surface area (Å²) in [6.07, 6.45) is 2.52. The van der Waals surface area contributed by atoms with E-state index in [1.54, 1.807) is 0 Å². The van der Waals surface area contributed by atoms with Crippen LogP contribution in [0.25, 0.3) is 0 Å². The van der Waals surface area contributed by atoms with Gasteiger partial charge in [0.25, 0.3) is 0 Å². The van der Waals surface area contributed by atoms with Crippen molar-refractivity contribution >= 4 is 0 Å². The first-order chi connectivity index (χ1) is 7.00. The Labute approximate surface area is 94.7 Å². The van der Waals surface area contributed by atoms with Gasteiger partial charge in [-0.2, -0.15) is 0 Å². The van der Waals surface area contributed by atoms with E-state index in [1.807, 2.05) is 0 Å². The quantitative estimate of drug-likeness (QED) is 0.666. The van der Waals surface area contributed by atoms with Gasteiger partial charge in [-0.3, -0.25) is 0 Å². The molecular weight excluding hydrogens is 180 g/mol. The van der Waals surface area contributed by atoms with Gasteiger partial charge in [0.2, 0.25) is 0 Å². The lowest BCUT2D eigenvalue weighted by Crippen LogP contribution is -1.96. The molecule has 0 amide bonds. The molecule has 0 N–H and O–H groups in total. The van der Waals surface area contributed by atoms with E-state index >= 15 is 0 Å². The van der Waals surface area contributed by atoms with Crippen molar-refractivity contribution in [1.29, 1.82) is 0 Å². The van der Waals surface area contributed by atoms with Crippen LogP contribution in [0.15, 0.2) is 18.2 Å². The van der Waals surface area contributed by atoms with Crippen LogP contribution in [0.2, 0.25) is 0 Å². The second kappa shape index (κ2) is 5.34. The summed E-state index contributed by atoms with van der Waals surface area (Å²) in [5.41, 5.74) is 4.44. The summed E-state index contributed by atoms with van der Waals surface area (Å²) in [5.74, 6) is 1.44. The van der Waals surface area contributed by atoms with Crippen LogP contribution < -0.4 is 0 Å². The Morgan fingerprint density at radius 2 is 1.73 bits per heavy atom. The van der Waals surface area contributed by atoms with E-state index in [0.29, 0.717) is 5.92 Å². The second-order valence-electron chi connectivity index (χ2n) is 5.27. The Bertz CT molecular complexity index is 308. The fourth-order valence-corrected chi connectivity index (χ4v) is 1.80. The highest BCUT2D eigenvalue weighted by atomic mass is 14.1. The number of aryl methyl sites for hydroxylation is 2. The molecule has 0 aliphatic carbocycles. The summed E-state index contributed by atoms with van der Waals surface area (Å²) in [4.78, 5) is 0. The van der Waals surface area contributed by atoms with Crippen molar-refractivity contribution in [1.82, 2.24) is 0 Å². The summed E-state index contributed by atoms with van der Waals surface area (Å²) >= 11 is 0. The molecule has 0 heterocycles. The Kier molecular flexibility index (Phi) is 4.38. The smallest absolute Gasteiger partial charge is 0.0219 e. The Balaban J connectivity index is 2.75. The van der Waals surface area contributed by atoms with E-state index in [4.69, 9.17) is 0 Å². The highest BCUT2D eigenvalue weighted by Crippen LogP contribution is 2.20. The molecule has 0 atom stereocenters. The van der Waals surface area contributed by atoms with Crippen LogP contribution in [0.1, 0.15) is 56.7 Å². The number of hydrogen-bond donors (Lipinski definition) is 0. The van der Waals surface area contributed by atoms with Gasteiger partial charge in [-0.25, -0.2) is 0 Å². The highest BCUT2D eigenvalue weighted by molar-refractivity contribution is 5.32. The molecule has 15 heavy (non-hydrogen) atoms. The van der Waals surface area contributed by atoms with E-state index < -0.39 is 0 Å². The third-order valence-electron chi connectivity index (χ3n) is 3.02. The lowest BCUT2D eigenvalue weighted by atomic mass is 9.94. The number of rotatable bonds is 4. The van der Waals surface area contributed by atoms with Crippen LogP contribution in [-0.4, -0.2) is 0 Å². The molecular formula is C15H24. The molecule has 0 saturated heterocycles. The maximum Gasteiger partial charge on any atom is -0.0219 e. The van der Waals surface area contributed by atoms with Crippen molar-refractivity contribution in [2.24, 2.45) is 5.92 Å². The molecule has 1 rings (SSSR count). The van der Waals surface area contributed by atoms with Gasteiger partial charge >= 0.3 is 0 Å². The Morgan fingerprint density at radius 1 is 1.07 bits per heavy atom. The lowest BCUT2D eigenvalue weighted by Gasteiger charge is -2.11. The fraction of sp³-hybridized carbons (Fsp3) is 0.600. The molecule has 1 aromatic carbocycles. The van der Waals surface area contributed by atoms with Gasteiger partial charge in [0.1, 0.15) is 0 Å². The van der Waals surface area contributed by atoms with Crippen LogP contribution in [-0.2, 0) is 6.42 Å². The molecule has 0 heteroatoms. The zero-order chi connectivity index (χ0) is 11.4. The monoisotopic (exact) mass is 204 g/mol. The maximum absolute atomic E-state index is 2.35. The third-order valence-corrected chi connectivity index (χ3v) is 3.02. The minimum Gasteiger partial charge on any atom is -0.0628 e. The third kappa shape index (κ3) is 3.70. The van der Waals surface area contributed by atoms with Gasteiger partial charge in [-0.05, 0) is 48.3 Å². The zero-order valence-corrected chi connectivity index (χ0v) is 10.8. The van der Waals surface area contributed by atoms with Gasteiger partial charge in [-0.15, -0.1) is 0 Å². The lowest BCUT2D eigenvalue weighted by molar-refractivity contribution is 0.585. The maximum atomic E-state index is 2.35. The average molecular weight is 204 g/mol. The predicted molar refractivity (Wildman–Crippen MR) is 68.4 cm³/mol. The standard InChI is InChI=1S/C15H24/c1-11(2)6-7-14-8-9-15(12(3)4)10-13(14)5/h8-12H,6-7H2,1-5H3. The number of hydrogen-bond acceptors (Lipinski definition) is 0. The van der Waals surface area contributed by atoms with Gasteiger partial charge < -0.3 is 0 Å². The molecule has 0 saturated carbocycles. The van der Waals surface area contributed by atoms with Crippen molar-refractivity contribution in [2.75, 3.05) is 0 Å². The van der Waals surface area contributed by atoms with Crippen molar-refractivity contribution in [3.63, 3.8) is 0 Å². The second-order valence-corrected chi connectivity index (χ2v) is 5.27. The summed E-state index contributed by atoms with van der Waals surface area (Å²) in [5, 5.41) is 0. The molecule has 0 aromatic heterocycles. The minimum absolute atomic E-state index is 0.642. The molecule has 84 valence electrons. The molecule has 1 aromatic rings. The summed E-state index contributed by atoms with van der Waals surface area (Å²) in [6, 6.07) is 6.95. The first-order valence-electron chi connectivity index (χ1n) is 6.10. The SMILES string of the molecule is Cc1cc(C(C)C)ccc1CCC(C)C. The molecule has 0 nitrogen and oxygen atoms in total. The van der Waals surface area contributed by atoms with Gasteiger partial charge in [0.15, 0.2) is 0 Å². The molecule has 0 spiro atoms. The molecule has 0 fully saturated rings. The summed E-state index contributed by atoms with van der Waals surface area (Å²) < 4.78 is 0. The van der Waals surface area contributed by atoms with E-state index in [9.17, 15) is 0 Å². The average Bonchev–Trinajstić information content (AvgIpc) is 2.15. The predicted octanol–water partition coefficient (Wildman–Crippen LogP) is 4.71. The molecule has 0 aliphatic heterocycles. The van der Waals surface area contributed by atoms with Crippen molar-refractivity contribution in [3.05, 3.63) is 34.9 Å². The van der Waals surface area contributed by atoms with E-state index in [1.165, 1.54) is 29.5 Å². The molecule has 0 radical (unpaired) electrons. The van der Waals surface area contributed by atoms with Gasteiger partial charge in [-0.1, -0.05) is 45.9 Å². The van der Waals surface area contributed by atoms with Gasteiger partial charge in [0.05, 0.1) is 0 Å². The van der Waals surface area contributed by atoms with Crippen LogP contribution in [0.5, 0.6) is 0 Å². The molecule has 0 unspecified atom stereocenters. The van der Waals surface area contributed by atoms with Crippen LogP contribution in [0.4, 0.5) is 0 Å². The molecule has 0 bridgehead atoms. The first-order valence-corrected chi connectivity index (χ1v) is 6.10. The summed E-state index contributed by atoms with van der Waals surface area (Å²) in [6.45, 7) is 11.3. The largest absolute Gasteiger partial charge is 0.0628 e. The topological polar surface area (TPSA) is 0 Å². The normalized spacial score (nSPS) is 11.4. The zero-order valence-electron chi connectivity index (χ0n) is 10.8. The van der Waals surface area contributed by atoms with Gasteiger partial charge in [0, 0.05) is 0 Å².